The van der Waals surface area contributed by atoms with Crippen LogP contribution < -0.4 is 5.73 Å². The number of likely N-dealkylation sites (tertiary alicyclic amines) is 1. The standard InChI is InChI=1S/C19H23N3O2/c20-16-7-6-14-11-22(12-15(14)16)19(23)9-8-18-21-10-17(24-18)13-4-2-1-3-5-13/h1-5,10,14-16H,6-9,11-12,20H2. The second-order valence-corrected chi connectivity index (χ2v) is 6.95. The second-order valence-electron chi connectivity index (χ2n) is 6.95. The summed E-state index contributed by atoms with van der Waals surface area (Å²) in [5, 5.41) is 0. The largest absolute Gasteiger partial charge is 0.441 e. The van der Waals surface area contributed by atoms with Crippen LogP contribution in [0.15, 0.2) is 40.9 Å². The molecule has 2 fully saturated rings. The van der Waals surface area contributed by atoms with Gasteiger partial charge in [-0.25, -0.2) is 4.98 Å². The Labute approximate surface area is 141 Å². The predicted molar refractivity (Wildman–Crippen MR) is 91.0 cm³/mol. The van der Waals surface area contributed by atoms with Crippen molar-refractivity contribution in [3.8, 4) is 11.3 Å². The summed E-state index contributed by atoms with van der Waals surface area (Å²) in [6.45, 7) is 1.70. The van der Waals surface area contributed by atoms with Crippen LogP contribution in [0.25, 0.3) is 11.3 Å². The summed E-state index contributed by atoms with van der Waals surface area (Å²) < 4.78 is 5.77. The molecule has 3 atom stereocenters. The van der Waals surface area contributed by atoms with Crippen LogP contribution >= 0.6 is 0 Å². The Bertz CT molecular complexity index is 712. The molecular weight excluding hydrogens is 302 g/mol. The van der Waals surface area contributed by atoms with Crippen molar-refractivity contribution in [1.82, 2.24) is 9.88 Å². The van der Waals surface area contributed by atoms with Crippen molar-refractivity contribution in [3.05, 3.63) is 42.4 Å². The van der Waals surface area contributed by atoms with E-state index >= 15 is 0 Å². The van der Waals surface area contributed by atoms with Crippen molar-refractivity contribution in [2.24, 2.45) is 17.6 Å². The molecule has 2 aliphatic rings. The van der Waals surface area contributed by atoms with Crippen LogP contribution in [0.2, 0.25) is 0 Å². The number of carbonyl (C=O) groups is 1. The van der Waals surface area contributed by atoms with E-state index in [1.165, 1.54) is 0 Å². The van der Waals surface area contributed by atoms with E-state index in [1.54, 1.807) is 6.20 Å². The second kappa shape index (κ2) is 6.40. The number of nitrogens with two attached hydrogens (primary N) is 1. The first-order chi connectivity index (χ1) is 11.7. The monoisotopic (exact) mass is 325 g/mol. The molecule has 1 aliphatic heterocycles. The minimum Gasteiger partial charge on any atom is -0.441 e. The van der Waals surface area contributed by atoms with E-state index in [1.807, 2.05) is 35.2 Å². The van der Waals surface area contributed by atoms with Crippen LogP contribution in [-0.4, -0.2) is 34.9 Å². The number of oxazole rings is 1. The molecule has 4 rings (SSSR count). The number of aromatic nitrogens is 1. The normalized spacial score (nSPS) is 25.9. The van der Waals surface area contributed by atoms with Gasteiger partial charge in [-0.05, 0) is 24.7 Å². The summed E-state index contributed by atoms with van der Waals surface area (Å²) in [7, 11) is 0. The highest BCUT2D eigenvalue weighted by Gasteiger charge is 2.42. The maximum atomic E-state index is 12.4. The highest BCUT2D eigenvalue weighted by Crippen LogP contribution is 2.37. The van der Waals surface area contributed by atoms with E-state index < -0.39 is 0 Å². The molecule has 2 N–H and O–H groups in total. The summed E-state index contributed by atoms with van der Waals surface area (Å²) >= 11 is 0. The third kappa shape index (κ3) is 2.96. The third-order valence-electron chi connectivity index (χ3n) is 5.43. The van der Waals surface area contributed by atoms with Crippen LogP contribution in [0, 0.1) is 11.8 Å². The van der Waals surface area contributed by atoms with Crippen LogP contribution in [-0.2, 0) is 11.2 Å². The van der Waals surface area contributed by atoms with Gasteiger partial charge in [0.15, 0.2) is 11.7 Å². The lowest BCUT2D eigenvalue weighted by molar-refractivity contribution is -0.130. The maximum Gasteiger partial charge on any atom is 0.223 e. The molecule has 1 aromatic heterocycles. The summed E-state index contributed by atoms with van der Waals surface area (Å²) in [5.74, 6) is 2.67. The van der Waals surface area contributed by atoms with Gasteiger partial charge in [-0.3, -0.25) is 4.79 Å². The van der Waals surface area contributed by atoms with Crippen LogP contribution in [0.3, 0.4) is 0 Å². The Balaban J connectivity index is 1.33. The summed E-state index contributed by atoms with van der Waals surface area (Å²) in [6, 6.07) is 10.2. The van der Waals surface area contributed by atoms with Crippen LogP contribution in [0.5, 0.6) is 0 Å². The molecule has 1 amide bonds. The Morgan fingerprint density at radius 1 is 1.25 bits per heavy atom. The van der Waals surface area contributed by atoms with Crippen molar-refractivity contribution in [3.63, 3.8) is 0 Å². The molecule has 1 aromatic carbocycles. The SMILES string of the molecule is NC1CCC2CN(C(=O)CCc3ncc(-c4ccccc4)o3)CC12. The Kier molecular flexibility index (Phi) is 4.10. The fourth-order valence-corrected chi connectivity index (χ4v) is 4.04. The van der Waals surface area contributed by atoms with Crippen LogP contribution in [0.4, 0.5) is 0 Å². The number of rotatable bonds is 4. The van der Waals surface area contributed by atoms with Gasteiger partial charge in [-0.1, -0.05) is 30.3 Å². The highest BCUT2D eigenvalue weighted by atomic mass is 16.4. The Morgan fingerprint density at radius 3 is 2.88 bits per heavy atom. The number of aryl methyl sites for hydroxylation is 1. The van der Waals surface area contributed by atoms with E-state index in [-0.39, 0.29) is 11.9 Å². The Hall–Kier alpha value is -2.14. The fraction of sp³-hybridized carbons (Fsp3) is 0.474. The topological polar surface area (TPSA) is 72.4 Å². The molecule has 1 saturated heterocycles. The zero-order chi connectivity index (χ0) is 16.5. The molecule has 126 valence electrons. The first-order valence-electron chi connectivity index (χ1n) is 8.74. The summed E-state index contributed by atoms with van der Waals surface area (Å²) in [5.41, 5.74) is 7.15. The first kappa shape index (κ1) is 15.4. The smallest absolute Gasteiger partial charge is 0.223 e. The number of amides is 1. The van der Waals surface area contributed by atoms with Crippen molar-refractivity contribution in [2.45, 2.75) is 31.7 Å². The zero-order valence-electron chi connectivity index (χ0n) is 13.7. The molecule has 0 radical (unpaired) electrons. The zero-order valence-corrected chi connectivity index (χ0v) is 13.7. The highest BCUT2D eigenvalue weighted by molar-refractivity contribution is 5.76. The number of carbonyl (C=O) groups excluding carboxylic acids is 1. The molecule has 3 unspecified atom stereocenters. The van der Waals surface area contributed by atoms with Gasteiger partial charge in [0.25, 0.3) is 0 Å². The van der Waals surface area contributed by atoms with Gasteiger partial charge in [0.05, 0.1) is 6.20 Å². The van der Waals surface area contributed by atoms with Gasteiger partial charge in [-0.2, -0.15) is 0 Å². The van der Waals surface area contributed by atoms with Gasteiger partial charge < -0.3 is 15.1 Å². The summed E-state index contributed by atoms with van der Waals surface area (Å²) in [6.07, 6.45) is 4.99. The molecule has 24 heavy (non-hydrogen) atoms. The van der Waals surface area contributed by atoms with E-state index in [9.17, 15) is 4.79 Å². The molecule has 5 nitrogen and oxygen atoms in total. The van der Waals surface area contributed by atoms with Crippen molar-refractivity contribution >= 4 is 5.91 Å². The average Bonchev–Trinajstić information content (AvgIpc) is 3.31. The number of fused-ring (bicyclic) bond motifs is 1. The van der Waals surface area contributed by atoms with E-state index in [0.717, 1.165) is 37.3 Å². The lowest BCUT2D eigenvalue weighted by Gasteiger charge is -2.18. The van der Waals surface area contributed by atoms with Crippen LogP contribution in [0.1, 0.15) is 25.2 Å². The lowest BCUT2D eigenvalue weighted by Crippen LogP contribution is -2.33. The Morgan fingerprint density at radius 2 is 2.08 bits per heavy atom. The molecule has 0 bridgehead atoms. The molecule has 5 heteroatoms. The molecule has 0 spiro atoms. The number of hydrogen-bond donors (Lipinski definition) is 1. The number of nitrogens with zero attached hydrogens (tertiary/aromatic N) is 2. The molecule has 2 aromatic rings. The van der Waals surface area contributed by atoms with Gasteiger partial charge in [-0.15, -0.1) is 0 Å². The maximum absolute atomic E-state index is 12.4. The predicted octanol–water partition coefficient (Wildman–Crippen LogP) is 2.47. The minimum atomic E-state index is 0.191. The third-order valence-corrected chi connectivity index (χ3v) is 5.43. The number of hydrogen-bond acceptors (Lipinski definition) is 4. The molecular formula is C19H23N3O2. The average molecular weight is 325 g/mol. The van der Waals surface area contributed by atoms with E-state index in [2.05, 4.69) is 4.98 Å². The van der Waals surface area contributed by atoms with Crippen molar-refractivity contribution < 1.29 is 9.21 Å². The van der Waals surface area contributed by atoms with Gasteiger partial charge >= 0.3 is 0 Å². The minimum absolute atomic E-state index is 0.191. The lowest BCUT2D eigenvalue weighted by atomic mass is 9.98. The van der Waals surface area contributed by atoms with E-state index in [0.29, 0.717) is 30.6 Å². The van der Waals surface area contributed by atoms with Crippen molar-refractivity contribution in [1.29, 1.82) is 0 Å². The number of benzene rings is 1. The molecule has 1 aliphatic carbocycles. The van der Waals surface area contributed by atoms with E-state index in [4.69, 9.17) is 10.2 Å². The molecule has 1 saturated carbocycles. The van der Waals surface area contributed by atoms with Gasteiger partial charge in [0.1, 0.15) is 0 Å². The molecule has 2 heterocycles. The fourth-order valence-electron chi connectivity index (χ4n) is 4.04. The van der Waals surface area contributed by atoms with Crippen molar-refractivity contribution in [2.75, 3.05) is 13.1 Å². The summed E-state index contributed by atoms with van der Waals surface area (Å²) in [4.78, 5) is 18.7. The van der Waals surface area contributed by atoms with Gasteiger partial charge in [0, 0.05) is 37.5 Å². The van der Waals surface area contributed by atoms with Gasteiger partial charge in [0.2, 0.25) is 5.91 Å². The quantitative estimate of drug-likeness (QED) is 0.937. The first-order valence-corrected chi connectivity index (χ1v) is 8.74.